The minimum Gasteiger partial charge on any atom is -0.444 e. The lowest BCUT2D eigenvalue weighted by Crippen LogP contribution is -2.38. The van der Waals surface area contributed by atoms with Crippen LogP contribution in [0.1, 0.15) is 34.1 Å². The van der Waals surface area contributed by atoms with Crippen molar-refractivity contribution < 1.29 is 14.3 Å². The van der Waals surface area contributed by atoms with Crippen LogP contribution >= 0.6 is 0 Å². The van der Waals surface area contributed by atoms with Crippen molar-refractivity contribution in [3.8, 4) is 0 Å². The molecule has 0 saturated heterocycles. The maximum Gasteiger partial charge on any atom is 0.408 e. The molecule has 86 valence electrons. The highest BCUT2D eigenvalue weighted by molar-refractivity contribution is 5.77. The zero-order valence-electron chi connectivity index (χ0n) is 9.79. The average molecular weight is 213 g/mol. The van der Waals surface area contributed by atoms with Gasteiger partial charge in [-0.1, -0.05) is 6.08 Å². The third kappa shape index (κ3) is 7.73. The highest BCUT2D eigenvalue weighted by atomic mass is 16.6. The fourth-order valence-electron chi connectivity index (χ4n) is 0.962. The van der Waals surface area contributed by atoms with Gasteiger partial charge in [-0.25, -0.2) is 4.79 Å². The Morgan fingerprint density at radius 2 is 2.00 bits per heavy atom. The summed E-state index contributed by atoms with van der Waals surface area (Å²) in [6, 6.07) is -0.364. The van der Waals surface area contributed by atoms with E-state index in [1.165, 1.54) is 13.0 Å². The Morgan fingerprint density at radius 3 is 2.33 bits per heavy atom. The Morgan fingerprint density at radius 1 is 1.47 bits per heavy atom. The summed E-state index contributed by atoms with van der Waals surface area (Å²) in [5, 5.41) is 2.55. The van der Waals surface area contributed by atoms with Crippen molar-refractivity contribution in [1.29, 1.82) is 0 Å². The first-order valence-corrected chi connectivity index (χ1v) is 4.86. The number of amides is 1. The van der Waals surface area contributed by atoms with Crippen molar-refractivity contribution in [1.82, 2.24) is 5.32 Å². The second kappa shape index (κ2) is 5.53. The summed E-state index contributed by atoms with van der Waals surface area (Å²) in [6.45, 7) is 10.3. The molecule has 0 spiro atoms. The summed E-state index contributed by atoms with van der Waals surface area (Å²) >= 11 is 0. The second-order valence-electron chi connectivity index (χ2n) is 4.39. The van der Waals surface area contributed by atoms with E-state index >= 15 is 0 Å². The van der Waals surface area contributed by atoms with E-state index in [4.69, 9.17) is 4.74 Å². The first kappa shape index (κ1) is 13.7. The first-order valence-electron chi connectivity index (χ1n) is 4.86. The van der Waals surface area contributed by atoms with Crippen LogP contribution in [0.25, 0.3) is 0 Å². The van der Waals surface area contributed by atoms with Crippen molar-refractivity contribution in [3.05, 3.63) is 12.7 Å². The highest BCUT2D eigenvalue weighted by Crippen LogP contribution is 2.07. The standard InChI is InChI=1S/C11H19NO3/c1-6-9(7-8(2)13)12-10(14)15-11(3,4)5/h6,9H,1,7H2,2-5H3,(H,12,14). The molecule has 15 heavy (non-hydrogen) atoms. The number of carbonyl (C=O) groups excluding carboxylic acids is 2. The summed E-state index contributed by atoms with van der Waals surface area (Å²) in [7, 11) is 0. The summed E-state index contributed by atoms with van der Waals surface area (Å²) in [5.74, 6) is -0.00374. The lowest BCUT2D eigenvalue weighted by Gasteiger charge is -2.21. The maximum absolute atomic E-state index is 11.3. The van der Waals surface area contributed by atoms with E-state index in [1.54, 1.807) is 20.8 Å². The molecule has 0 rings (SSSR count). The van der Waals surface area contributed by atoms with Gasteiger partial charge < -0.3 is 10.1 Å². The molecule has 1 atom stereocenters. The molecule has 0 saturated carbocycles. The van der Waals surface area contributed by atoms with Gasteiger partial charge in [-0.2, -0.15) is 0 Å². The Hall–Kier alpha value is -1.32. The van der Waals surface area contributed by atoms with Crippen molar-refractivity contribution in [3.63, 3.8) is 0 Å². The van der Waals surface area contributed by atoms with E-state index in [1.807, 2.05) is 0 Å². The summed E-state index contributed by atoms with van der Waals surface area (Å²) in [6.07, 6.45) is 1.22. The SMILES string of the molecule is C=CC(CC(C)=O)NC(=O)OC(C)(C)C. The molecule has 0 aliphatic rings. The molecule has 1 unspecified atom stereocenters. The number of alkyl carbamates (subject to hydrolysis) is 1. The van der Waals surface area contributed by atoms with Crippen LogP contribution in [0.15, 0.2) is 12.7 Å². The molecule has 1 amide bonds. The number of Topliss-reactive ketones (excluding diaryl/α,β-unsaturated/α-hetero) is 1. The predicted octanol–water partition coefficient (Wildman–Crippen LogP) is 2.04. The molecule has 0 fully saturated rings. The van der Waals surface area contributed by atoms with E-state index in [-0.39, 0.29) is 18.2 Å². The van der Waals surface area contributed by atoms with Crippen LogP contribution in [0.4, 0.5) is 4.79 Å². The summed E-state index contributed by atoms with van der Waals surface area (Å²) in [5.41, 5.74) is -0.536. The monoisotopic (exact) mass is 213 g/mol. The topological polar surface area (TPSA) is 55.4 Å². The number of rotatable bonds is 4. The van der Waals surface area contributed by atoms with E-state index in [2.05, 4.69) is 11.9 Å². The number of hydrogen-bond donors (Lipinski definition) is 1. The van der Waals surface area contributed by atoms with Crippen LogP contribution in [0.5, 0.6) is 0 Å². The normalized spacial score (nSPS) is 12.8. The molecular formula is C11H19NO3. The Labute approximate surface area is 90.7 Å². The van der Waals surface area contributed by atoms with Crippen LogP contribution in [-0.4, -0.2) is 23.5 Å². The van der Waals surface area contributed by atoms with Gasteiger partial charge in [0.2, 0.25) is 0 Å². The highest BCUT2D eigenvalue weighted by Gasteiger charge is 2.18. The third-order valence-electron chi connectivity index (χ3n) is 1.49. The molecule has 4 nitrogen and oxygen atoms in total. The Balaban J connectivity index is 4.13. The lowest BCUT2D eigenvalue weighted by atomic mass is 10.1. The van der Waals surface area contributed by atoms with Crippen LogP contribution < -0.4 is 5.32 Å². The molecule has 0 bridgehead atoms. The molecule has 0 heterocycles. The zero-order valence-corrected chi connectivity index (χ0v) is 9.79. The van der Waals surface area contributed by atoms with Gasteiger partial charge in [0.15, 0.2) is 0 Å². The molecule has 0 radical (unpaired) electrons. The maximum atomic E-state index is 11.3. The fraction of sp³-hybridized carbons (Fsp3) is 0.636. The second-order valence-corrected chi connectivity index (χ2v) is 4.39. The molecule has 0 aromatic rings. The van der Waals surface area contributed by atoms with Crippen LogP contribution in [0.2, 0.25) is 0 Å². The summed E-state index contributed by atoms with van der Waals surface area (Å²) in [4.78, 5) is 22.2. The Kier molecular flexibility index (Phi) is 5.05. The van der Waals surface area contributed by atoms with E-state index in [9.17, 15) is 9.59 Å². The van der Waals surface area contributed by atoms with Gasteiger partial charge in [-0.15, -0.1) is 6.58 Å². The molecule has 0 aromatic heterocycles. The van der Waals surface area contributed by atoms with Crippen molar-refractivity contribution in [2.75, 3.05) is 0 Å². The first-order chi connectivity index (χ1) is 6.74. The Bertz CT molecular complexity index is 253. The van der Waals surface area contributed by atoms with Crippen molar-refractivity contribution in [2.45, 2.75) is 45.8 Å². The number of carbonyl (C=O) groups is 2. The minimum absolute atomic E-state index is 0.00374. The van der Waals surface area contributed by atoms with Gasteiger partial charge in [0.25, 0.3) is 0 Å². The molecule has 0 aromatic carbocycles. The van der Waals surface area contributed by atoms with Crippen LogP contribution in [-0.2, 0) is 9.53 Å². The molecule has 0 aliphatic heterocycles. The number of ether oxygens (including phenoxy) is 1. The van der Waals surface area contributed by atoms with E-state index < -0.39 is 11.7 Å². The van der Waals surface area contributed by atoms with Crippen LogP contribution in [0.3, 0.4) is 0 Å². The smallest absolute Gasteiger partial charge is 0.408 e. The molecule has 0 aliphatic carbocycles. The number of nitrogens with one attached hydrogen (secondary N) is 1. The predicted molar refractivity (Wildman–Crippen MR) is 58.7 cm³/mol. The van der Waals surface area contributed by atoms with E-state index in [0.717, 1.165) is 0 Å². The van der Waals surface area contributed by atoms with Gasteiger partial charge in [0.05, 0.1) is 6.04 Å². The fourth-order valence-corrected chi connectivity index (χ4v) is 0.962. The van der Waals surface area contributed by atoms with Crippen molar-refractivity contribution in [2.24, 2.45) is 0 Å². The van der Waals surface area contributed by atoms with Crippen molar-refractivity contribution >= 4 is 11.9 Å². The summed E-state index contributed by atoms with van der Waals surface area (Å²) < 4.78 is 5.04. The van der Waals surface area contributed by atoms with E-state index in [0.29, 0.717) is 0 Å². The van der Waals surface area contributed by atoms with Gasteiger partial charge in [-0.3, -0.25) is 4.79 Å². The minimum atomic E-state index is -0.536. The van der Waals surface area contributed by atoms with Gasteiger partial charge in [0, 0.05) is 6.42 Å². The van der Waals surface area contributed by atoms with Gasteiger partial charge in [0.1, 0.15) is 11.4 Å². The largest absolute Gasteiger partial charge is 0.444 e. The molecule has 4 heteroatoms. The molecular weight excluding hydrogens is 194 g/mol. The van der Waals surface area contributed by atoms with Gasteiger partial charge in [-0.05, 0) is 27.7 Å². The van der Waals surface area contributed by atoms with Gasteiger partial charge >= 0.3 is 6.09 Å². The quantitative estimate of drug-likeness (QED) is 0.727. The third-order valence-corrected chi connectivity index (χ3v) is 1.49. The lowest BCUT2D eigenvalue weighted by molar-refractivity contribution is -0.117. The number of ketones is 1. The zero-order chi connectivity index (χ0) is 12.1. The number of hydrogen-bond acceptors (Lipinski definition) is 3. The van der Waals surface area contributed by atoms with Crippen LogP contribution in [0, 0.1) is 0 Å². The molecule has 1 N–H and O–H groups in total. The average Bonchev–Trinajstić information content (AvgIpc) is 1.98.